The third-order valence-electron chi connectivity index (χ3n) is 6.91. The van der Waals surface area contributed by atoms with E-state index in [1.807, 2.05) is 18.2 Å². The Labute approximate surface area is 241 Å². The summed E-state index contributed by atoms with van der Waals surface area (Å²) in [6, 6.07) is 10.8. The largest absolute Gasteiger partial charge is 0.455 e. The maximum absolute atomic E-state index is 13.1. The number of halogens is 3. The minimum Gasteiger partial charge on any atom is -0.455 e. The van der Waals surface area contributed by atoms with Gasteiger partial charge in [-0.2, -0.15) is 4.98 Å². The molecule has 9 nitrogen and oxygen atoms in total. The second-order valence-corrected chi connectivity index (χ2v) is 10.9. The monoisotopic (exact) mass is 588 g/mol. The molecule has 3 aromatic rings. The van der Waals surface area contributed by atoms with Gasteiger partial charge in [-0.15, -0.1) is 0 Å². The van der Waals surface area contributed by atoms with E-state index >= 15 is 0 Å². The van der Waals surface area contributed by atoms with Gasteiger partial charge in [0.2, 0.25) is 17.7 Å². The van der Waals surface area contributed by atoms with Crippen LogP contribution in [0.3, 0.4) is 0 Å². The molecule has 1 saturated heterocycles. The highest BCUT2D eigenvalue weighted by atomic mass is 35.5. The van der Waals surface area contributed by atoms with Gasteiger partial charge in [0.15, 0.2) is 6.73 Å². The number of ether oxygens (including phenoxy) is 1. The first-order valence-electron chi connectivity index (χ1n) is 12.5. The Kier molecular flexibility index (Phi) is 8.13. The molecule has 0 aliphatic carbocycles. The van der Waals surface area contributed by atoms with Crippen molar-refractivity contribution in [3.8, 4) is 5.88 Å². The van der Waals surface area contributed by atoms with Crippen molar-refractivity contribution in [2.75, 3.05) is 50.7 Å². The molecule has 1 fully saturated rings. The molecule has 0 unspecified atom stereocenters. The standard InChI is InChI=1S/C27H27Cl3N6O3/c1-34(2)23(37)14-35-10-8-16(9-11-35)18-7-6-17(12-22(18)30)32-27-31-13-19-25(33-27)39-15-36(26(19)38)24-20(28)4-3-5-21(24)29/h3-7,12-13,16H,8-11,14-15H2,1-2H3,(H,31,32,33). The lowest BCUT2D eigenvalue weighted by atomic mass is 9.89. The van der Waals surface area contributed by atoms with Crippen LogP contribution in [0.4, 0.5) is 17.3 Å². The van der Waals surface area contributed by atoms with Crippen molar-refractivity contribution in [3.05, 3.63) is 68.8 Å². The summed E-state index contributed by atoms with van der Waals surface area (Å²) in [5.41, 5.74) is 2.37. The number of anilines is 3. The van der Waals surface area contributed by atoms with Crippen molar-refractivity contribution in [3.63, 3.8) is 0 Å². The summed E-state index contributed by atoms with van der Waals surface area (Å²) in [6.07, 6.45) is 3.28. The Hall–Kier alpha value is -3.11. The second kappa shape index (κ2) is 11.6. The first-order chi connectivity index (χ1) is 18.7. The molecule has 3 heterocycles. The molecule has 2 aliphatic rings. The number of nitrogens with zero attached hydrogens (tertiary/aromatic N) is 5. The first kappa shape index (κ1) is 27.5. The average molecular weight is 590 g/mol. The van der Waals surface area contributed by atoms with Gasteiger partial charge in [0.1, 0.15) is 5.56 Å². The van der Waals surface area contributed by atoms with E-state index in [0.717, 1.165) is 31.5 Å². The van der Waals surface area contributed by atoms with E-state index < -0.39 is 0 Å². The summed E-state index contributed by atoms with van der Waals surface area (Å²) in [4.78, 5) is 39.0. The molecule has 0 atom stereocenters. The van der Waals surface area contributed by atoms with Gasteiger partial charge in [0.05, 0.1) is 22.3 Å². The van der Waals surface area contributed by atoms with Crippen LogP contribution in [0.25, 0.3) is 0 Å². The smallest absolute Gasteiger partial charge is 0.268 e. The van der Waals surface area contributed by atoms with Gasteiger partial charge in [0.25, 0.3) is 5.91 Å². The number of fused-ring (bicyclic) bond motifs is 1. The maximum Gasteiger partial charge on any atom is 0.268 e. The molecule has 12 heteroatoms. The number of likely N-dealkylation sites (tertiary alicyclic amines) is 1. The number of amides is 2. The maximum atomic E-state index is 13.1. The molecule has 0 bridgehead atoms. The fourth-order valence-corrected chi connectivity index (χ4v) is 5.66. The molecule has 39 heavy (non-hydrogen) atoms. The molecular formula is C27H27Cl3N6O3. The van der Waals surface area contributed by atoms with E-state index in [1.54, 1.807) is 37.2 Å². The van der Waals surface area contributed by atoms with Crippen LogP contribution in [-0.2, 0) is 4.79 Å². The molecule has 1 aromatic heterocycles. The van der Waals surface area contributed by atoms with Crippen molar-refractivity contribution in [2.45, 2.75) is 18.8 Å². The molecule has 0 spiro atoms. The number of para-hydroxylation sites is 1. The molecule has 2 aliphatic heterocycles. The van der Waals surface area contributed by atoms with Crippen LogP contribution in [0.15, 0.2) is 42.6 Å². The van der Waals surface area contributed by atoms with E-state index in [1.165, 1.54) is 11.1 Å². The Morgan fingerprint density at radius 1 is 1.10 bits per heavy atom. The highest BCUT2D eigenvalue weighted by Gasteiger charge is 2.31. The molecule has 2 amide bonds. The van der Waals surface area contributed by atoms with Gasteiger partial charge < -0.3 is 15.0 Å². The van der Waals surface area contributed by atoms with Crippen LogP contribution < -0.4 is 15.0 Å². The molecule has 0 radical (unpaired) electrons. The lowest BCUT2D eigenvalue weighted by Crippen LogP contribution is -2.40. The summed E-state index contributed by atoms with van der Waals surface area (Å²) in [7, 11) is 3.55. The molecule has 204 valence electrons. The van der Waals surface area contributed by atoms with Crippen LogP contribution in [0.2, 0.25) is 15.1 Å². The van der Waals surface area contributed by atoms with E-state index in [4.69, 9.17) is 39.5 Å². The zero-order valence-electron chi connectivity index (χ0n) is 21.5. The fourth-order valence-electron chi connectivity index (χ4n) is 4.73. The summed E-state index contributed by atoms with van der Waals surface area (Å²) in [6.45, 7) is 2.05. The predicted molar refractivity (Wildman–Crippen MR) is 153 cm³/mol. The fraction of sp³-hybridized carbons (Fsp3) is 0.333. The summed E-state index contributed by atoms with van der Waals surface area (Å²) < 4.78 is 5.76. The van der Waals surface area contributed by atoms with Gasteiger partial charge in [-0.25, -0.2) is 4.98 Å². The van der Waals surface area contributed by atoms with E-state index in [9.17, 15) is 9.59 Å². The zero-order valence-corrected chi connectivity index (χ0v) is 23.7. The summed E-state index contributed by atoms with van der Waals surface area (Å²) in [5.74, 6) is 0.518. The predicted octanol–water partition coefficient (Wildman–Crippen LogP) is 5.44. The van der Waals surface area contributed by atoms with Crippen molar-refractivity contribution in [2.24, 2.45) is 0 Å². The number of nitrogens with one attached hydrogen (secondary N) is 1. The number of hydrogen-bond acceptors (Lipinski definition) is 7. The summed E-state index contributed by atoms with van der Waals surface area (Å²) in [5, 5.41) is 4.47. The molecular weight excluding hydrogens is 563 g/mol. The van der Waals surface area contributed by atoms with Crippen molar-refractivity contribution in [1.29, 1.82) is 0 Å². The number of benzene rings is 2. The highest BCUT2D eigenvalue weighted by Crippen LogP contribution is 2.38. The lowest BCUT2D eigenvalue weighted by molar-refractivity contribution is -0.130. The van der Waals surface area contributed by atoms with Gasteiger partial charge in [-0.3, -0.25) is 19.4 Å². The number of aromatic nitrogens is 2. The van der Waals surface area contributed by atoms with Gasteiger partial charge in [-0.05, 0) is 61.7 Å². The van der Waals surface area contributed by atoms with Crippen LogP contribution in [-0.4, -0.2) is 72.0 Å². The van der Waals surface area contributed by atoms with E-state index in [-0.39, 0.29) is 35.9 Å². The number of hydrogen-bond donors (Lipinski definition) is 1. The minimum atomic E-state index is -0.359. The minimum absolute atomic E-state index is 0.0889. The highest BCUT2D eigenvalue weighted by molar-refractivity contribution is 6.40. The quantitative estimate of drug-likeness (QED) is 0.409. The molecule has 1 N–H and O–H groups in total. The van der Waals surface area contributed by atoms with Crippen LogP contribution in [0.1, 0.15) is 34.7 Å². The van der Waals surface area contributed by atoms with Crippen molar-refractivity contribution < 1.29 is 14.3 Å². The molecule has 2 aromatic carbocycles. The topological polar surface area (TPSA) is 90.9 Å². The van der Waals surface area contributed by atoms with Crippen LogP contribution in [0, 0.1) is 0 Å². The molecule has 0 saturated carbocycles. The first-order valence-corrected chi connectivity index (χ1v) is 13.6. The second-order valence-electron chi connectivity index (χ2n) is 9.69. The van der Waals surface area contributed by atoms with Gasteiger partial charge >= 0.3 is 0 Å². The Morgan fingerprint density at radius 2 is 1.82 bits per heavy atom. The average Bonchev–Trinajstić information content (AvgIpc) is 2.90. The number of likely N-dealkylation sites (N-methyl/N-ethyl adjacent to an activating group) is 1. The SMILES string of the molecule is CN(C)C(=O)CN1CCC(c2ccc(Nc3ncc4c(n3)OCN(c3c(Cl)cccc3Cl)C4=O)cc2Cl)CC1. The summed E-state index contributed by atoms with van der Waals surface area (Å²) >= 11 is 19.2. The van der Waals surface area contributed by atoms with Crippen molar-refractivity contribution >= 4 is 63.9 Å². The van der Waals surface area contributed by atoms with E-state index in [2.05, 4.69) is 20.2 Å². The molecule has 5 rings (SSSR count). The normalized spacial score (nSPS) is 16.0. The van der Waals surface area contributed by atoms with Gasteiger partial charge in [-0.1, -0.05) is 46.9 Å². The third-order valence-corrected chi connectivity index (χ3v) is 7.85. The Bertz CT molecular complexity index is 1390. The van der Waals surface area contributed by atoms with Crippen molar-refractivity contribution in [1.82, 2.24) is 19.8 Å². The zero-order chi connectivity index (χ0) is 27.7. The Balaban J connectivity index is 1.24. The van der Waals surface area contributed by atoms with Gasteiger partial charge in [0, 0.05) is 31.0 Å². The number of carbonyl (C=O) groups excluding carboxylic acids is 2. The lowest BCUT2D eigenvalue weighted by Gasteiger charge is -2.32. The Morgan fingerprint density at radius 3 is 2.49 bits per heavy atom. The van der Waals surface area contributed by atoms with Crippen LogP contribution >= 0.6 is 34.8 Å². The third kappa shape index (κ3) is 5.91. The van der Waals surface area contributed by atoms with Crippen LogP contribution in [0.5, 0.6) is 5.88 Å². The number of piperidine rings is 1. The van der Waals surface area contributed by atoms with E-state index in [0.29, 0.717) is 38.9 Å². The number of carbonyl (C=O) groups is 2. The number of rotatable bonds is 6.